The van der Waals surface area contributed by atoms with Crippen LogP contribution in [0, 0.1) is 17.5 Å². The number of ether oxygens (including phenoxy) is 1. The first-order valence-electron chi connectivity index (χ1n) is 15.2. The summed E-state index contributed by atoms with van der Waals surface area (Å²) >= 11 is 5.89. The fourth-order valence-electron chi connectivity index (χ4n) is 5.99. The summed E-state index contributed by atoms with van der Waals surface area (Å²) in [6.45, 7) is -0.481. The molecule has 4 N–H and O–H groups in total. The van der Waals surface area contributed by atoms with Crippen molar-refractivity contribution in [3.63, 3.8) is 0 Å². The van der Waals surface area contributed by atoms with Crippen molar-refractivity contribution in [1.29, 1.82) is 0 Å². The van der Waals surface area contributed by atoms with Crippen molar-refractivity contribution in [3.8, 4) is 17.0 Å². The van der Waals surface area contributed by atoms with Crippen LogP contribution >= 0.6 is 11.6 Å². The molecule has 9 nitrogen and oxygen atoms in total. The van der Waals surface area contributed by atoms with E-state index in [2.05, 4.69) is 15.4 Å². The molecule has 0 radical (unpaired) electrons. The molecule has 2 fully saturated rings. The Bertz CT molecular complexity index is 2110. The number of aliphatic hydroxyl groups is 1. The van der Waals surface area contributed by atoms with Gasteiger partial charge in [0.25, 0.3) is 5.91 Å². The fourth-order valence-corrected chi connectivity index (χ4v) is 6.16. The number of nitrogens with zero attached hydrogens (tertiary/aromatic N) is 3. The van der Waals surface area contributed by atoms with Crippen molar-refractivity contribution < 1.29 is 32.6 Å². The lowest BCUT2D eigenvalue weighted by molar-refractivity contribution is -0.120. The van der Waals surface area contributed by atoms with Crippen LogP contribution in [0.5, 0.6) is 5.75 Å². The van der Waals surface area contributed by atoms with Crippen molar-refractivity contribution in [1.82, 2.24) is 20.1 Å². The van der Waals surface area contributed by atoms with E-state index in [-0.39, 0.29) is 28.1 Å². The number of methoxy groups -OCH3 is 1. The van der Waals surface area contributed by atoms with E-state index in [9.17, 15) is 23.5 Å². The molecule has 0 aliphatic heterocycles. The summed E-state index contributed by atoms with van der Waals surface area (Å²) in [5.74, 6) is -3.46. The predicted molar refractivity (Wildman–Crippen MR) is 171 cm³/mol. The standard InChI is InChI=1S/C35H29ClF3N5O4/c1-48-27-13-18(12-19-16-44(23-6-7-23)43-31(19)27)32(45)41-17-35(47,20-2-4-22(37)5-3-20)28-15-21(34(10-11-34)33(40)46)14-26(42-28)24-8-9-25(38)29(36)30(24)39/h2-5,8-9,12-16,23,47H,6-7,10-11,17H2,1H3,(H2,40,46)(H,41,45)/t35-/m1/s1. The SMILES string of the molecule is COc1cc(C(=O)NC[C@@](O)(c2ccc(F)cc2)c2cc(C3(C(N)=O)CC3)cc(-c3ccc(F)c(Cl)c3F)n2)cc2cn(C3CC3)nc12. The number of carbonyl (C=O) groups is 2. The van der Waals surface area contributed by atoms with Gasteiger partial charge in [-0.1, -0.05) is 23.7 Å². The molecular weight excluding hydrogens is 647 g/mol. The summed E-state index contributed by atoms with van der Waals surface area (Å²) in [6, 6.07) is 13.5. The Balaban J connectivity index is 1.32. The molecule has 0 bridgehead atoms. The summed E-state index contributed by atoms with van der Waals surface area (Å²) in [4.78, 5) is 30.8. The molecule has 2 heterocycles. The van der Waals surface area contributed by atoms with Gasteiger partial charge < -0.3 is 20.9 Å². The zero-order chi connectivity index (χ0) is 34.0. The number of halogens is 4. The highest BCUT2D eigenvalue weighted by Gasteiger charge is 2.51. The molecule has 2 aromatic heterocycles. The number of amides is 2. The third-order valence-corrected chi connectivity index (χ3v) is 9.50. The van der Waals surface area contributed by atoms with Crippen LogP contribution in [0.4, 0.5) is 13.2 Å². The maximum absolute atomic E-state index is 15.3. The maximum Gasteiger partial charge on any atom is 0.251 e. The lowest BCUT2D eigenvalue weighted by Gasteiger charge is -2.30. The van der Waals surface area contributed by atoms with E-state index in [0.717, 1.165) is 37.1 Å². The maximum atomic E-state index is 15.3. The van der Waals surface area contributed by atoms with Gasteiger partial charge in [-0.15, -0.1) is 0 Å². The molecule has 5 aromatic rings. The van der Waals surface area contributed by atoms with E-state index < -0.39 is 51.8 Å². The van der Waals surface area contributed by atoms with Crippen molar-refractivity contribution in [2.75, 3.05) is 13.7 Å². The minimum atomic E-state index is -2.15. The quantitative estimate of drug-likeness (QED) is 0.163. The van der Waals surface area contributed by atoms with E-state index in [0.29, 0.717) is 41.1 Å². The van der Waals surface area contributed by atoms with Gasteiger partial charge in [-0.2, -0.15) is 5.10 Å². The molecule has 7 rings (SSSR count). The van der Waals surface area contributed by atoms with E-state index in [1.54, 1.807) is 12.1 Å². The number of hydrogen-bond acceptors (Lipinski definition) is 6. The topological polar surface area (TPSA) is 132 Å². The van der Waals surface area contributed by atoms with Crippen LogP contribution < -0.4 is 15.8 Å². The lowest BCUT2D eigenvalue weighted by atomic mass is 9.85. The number of nitrogens with two attached hydrogens (primary N) is 1. The smallest absolute Gasteiger partial charge is 0.251 e. The van der Waals surface area contributed by atoms with Gasteiger partial charge >= 0.3 is 0 Å². The highest BCUT2D eigenvalue weighted by atomic mass is 35.5. The van der Waals surface area contributed by atoms with Gasteiger partial charge in [0.15, 0.2) is 5.82 Å². The molecule has 2 aliphatic rings. The van der Waals surface area contributed by atoms with Crippen molar-refractivity contribution >= 4 is 34.3 Å². The minimum absolute atomic E-state index is 0.0656. The van der Waals surface area contributed by atoms with Gasteiger partial charge in [-0.05, 0) is 85.3 Å². The van der Waals surface area contributed by atoms with Crippen molar-refractivity contribution in [2.45, 2.75) is 42.7 Å². The number of carbonyl (C=O) groups excluding carboxylic acids is 2. The molecule has 246 valence electrons. The second-order valence-corrected chi connectivity index (χ2v) is 12.7. The fraction of sp³-hybridized carbons (Fsp3) is 0.257. The largest absolute Gasteiger partial charge is 0.494 e. The summed E-state index contributed by atoms with van der Waals surface area (Å²) in [5.41, 5.74) is 3.47. The van der Waals surface area contributed by atoms with Crippen LogP contribution in [-0.2, 0) is 15.8 Å². The molecule has 13 heteroatoms. The van der Waals surface area contributed by atoms with Crippen LogP contribution in [0.3, 0.4) is 0 Å². The third-order valence-electron chi connectivity index (χ3n) is 9.16. The number of primary amides is 1. The third kappa shape index (κ3) is 5.44. The van der Waals surface area contributed by atoms with Crippen LogP contribution in [0.2, 0.25) is 5.02 Å². The van der Waals surface area contributed by atoms with Gasteiger partial charge in [0, 0.05) is 22.7 Å². The van der Waals surface area contributed by atoms with E-state index in [1.165, 1.54) is 31.4 Å². The number of nitrogens with one attached hydrogen (secondary N) is 1. The van der Waals surface area contributed by atoms with E-state index in [1.807, 2.05) is 10.9 Å². The Labute approximate surface area is 277 Å². The molecule has 2 aliphatic carbocycles. The monoisotopic (exact) mass is 675 g/mol. The zero-order valence-electron chi connectivity index (χ0n) is 25.6. The first-order valence-corrected chi connectivity index (χ1v) is 15.6. The number of fused-ring (bicyclic) bond motifs is 1. The van der Waals surface area contributed by atoms with Crippen molar-refractivity contribution in [3.05, 3.63) is 112 Å². The molecule has 1 atom stereocenters. The number of benzene rings is 3. The number of hydrogen-bond donors (Lipinski definition) is 3. The Hall–Kier alpha value is -4.94. The molecule has 0 spiro atoms. The van der Waals surface area contributed by atoms with Crippen LogP contribution in [0.15, 0.2) is 66.9 Å². The summed E-state index contributed by atoms with van der Waals surface area (Å²) in [7, 11) is 1.48. The first-order chi connectivity index (χ1) is 22.9. The molecule has 3 aromatic carbocycles. The first kappa shape index (κ1) is 31.6. The van der Waals surface area contributed by atoms with Gasteiger partial charge in [-0.25, -0.2) is 18.2 Å². The Morgan fingerprint density at radius 1 is 1.10 bits per heavy atom. The van der Waals surface area contributed by atoms with E-state index >= 15 is 4.39 Å². The van der Waals surface area contributed by atoms with E-state index in [4.69, 9.17) is 22.1 Å². The number of aromatic nitrogens is 3. The van der Waals surface area contributed by atoms with Crippen LogP contribution in [-0.4, -0.2) is 45.3 Å². The summed E-state index contributed by atoms with van der Waals surface area (Å²) < 4.78 is 50.9. The minimum Gasteiger partial charge on any atom is -0.494 e. The van der Waals surface area contributed by atoms with Crippen molar-refractivity contribution in [2.24, 2.45) is 5.73 Å². The number of rotatable bonds is 10. The van der Waals surface area contributed by atoms with Gasteiger partial charge in [0.2, 0.25) is 5.91 Å². The van der Waals surface area contributed by atoms with Gasteiger partial charge in [0.1, 0.15) is 33.5 Å². The molecule has 2 saturated carbocycles. The highest BCUT2D eigenvalue weighted by Crippen LogP contribution is 2.49. The predicted octanol–water partition coefficient (Wildman–Crippen LogP) is 5.70. The zero-order valence-corrected chi connectivity index (χ0v) is 26.3. The van der Waals surface area contributed by atoms with Gasteiger partial charge in [0.05, 0.1) is 36.5 Å². The molecule has 48 heavy (non-hydrogen) atoms. The van der Waals surface area contributed by atoms with Crippen LogP contribution in [0.1, 0.15) is 58.9 Å². The number of pyridine rings is 1. The second kappa shape index (κ2) is 11.6. The molecular formula is C35H29ClF3N5O4. The van der Waals surface area contributed by atoms with Gasteiger partial charge in [-0.3, -0.25) is 14.3 Å². The molecule has 0 unspecified atom stereocenters. The summed E-state index contributed by atoms with van der Waals surface area (Å²) in [5, 5.41) is 19.7. The Morgan fingerprint density at radius 2 is 1.83 bits per heavy atom. The average Bonchev–Trinajstić information content (AvgIpc) is 4.02. The average molecular weight is 676 g/mol. The second-order valence-electron chi connectivity index (χ2n) is 12.3. The van der Waals surface area contributed by atoms with Crippen LogP contribution in [0.25, 0.3) is 22.2 Å². The molecule has 0 saturated heterocycles. The Kier molecular flexibility index (Phi) is 7.67. The normalized spacial score (nSPS) is 16.4. The Morgan fingerprint density at radius 3 is 2.48 bits per heavy atom. The lowest BCUT2D eigenvalue weighted by Crippen LogP contribution is -2.42. The summed E-state index contributed by atoms with van der Waals surface area (Å²) in [6.07, 6.45) is 4.68. The molecule has 2 amide bonds. The highest BCUT2D eigenvalue weighted by molar-refractivity contribution is 6.31.